The molecule has 0 saturated heterocycles. The Bertz CT molecular complexity index is 578. The third kappa shape index (κ3) is 3.53. The van der Waals surface area contributed by atoms with Crippen molar-refractivity contribution in [2.45, 2.75) is 49.1 Å². The molecule has 1 aromatic carbocycles. The smallest absolute Gasteiger partial charge is 0.243 e. The minimum Gasteiger partial charge on any atom is -0.326 e. The molecule has 1 aromatic rings. The molecule has 3 N–H and O–H groups in total. The molecule has 0 heterocycles. The van der Waals surface area contributed by atoms with Gasteiger partial charge in [-0.3, -0.25) is 0 Å². The molecule has 112 valence electrons. The monoisotopic (exact) mass is 304 g/mol. The van der Waals surface area contributed by atoms with Crippen molar-refractivity contribution >= 4 is 10.0 Å². The van der Waals surface area contributed by atoms with E-state index in [1.165, 1.54) is 0 Å². The van der Waals surface area contributed by atoms with Gasteiger partial charge in [-0.15, -0.1) is 0 Å². The first-order chi connectivity index (χ1) is 9.40. The molecular weight excluding hydrogens is 286 g/mol. The lowest BCUT2D eigenvalue weighted by Gasteiger charge is -2.22. The van der Waals surface area contributed by atoms with Crippen LogP contribution in [0.5, 0.6) is 0 Å². The Kier molecular flexibility index (Phi) is 4.72. The highest BCUT2D eigenvalue weighted by atomic mass is 32.2. The molecule has 1 saturated carbocycles. The number of nitrogens with two attached hydrogens (primary N) is 1. The van der Waals surface area contributed by atoms with Crippen LogP contribution >= 0.6 is 0 Å². The van der Waals surface area contributed by atoms with Gasteiger partial charge in [0.25, 0.3) is 0 Å². The molecule has 2 unspecified atom stereocenters. The molecule has 20 heavy (non-hydrogen) atoms. The van der Waals surface area contributed by atoms with Gasteiger partial charge in [0.2, 0.25) is 10.0 Å². The van der Waals surface area contributed by atoms with E-state index in [-0.39, 0.29) is 6.04 Å². The van der Waals surface area contributed by atoms with Gasteiger partial charge in [0.1, 0.15) is 16.5 Å². The van der Waals surface area contributed by atoms with Crippen LogP contribution in [0.15, 0.2) is 23.1 Å². The Balaban J connectivity index is 2.21. The lowest BCUT2D eigenvalue weighted by atomic mass is 10.1. The summed E-state index contributed by atoms with van der Waals surface area (Å²) in [5.74, 6) is -1.91. The van der Waals surface area contributed by atoms with Crippen LogP contribution in [0.25, 0.3) is 0 Å². The van der Waals surface area contributed by atoms with Gasteiger partial charge in [0.15, 0.2) is 0 Å². The van der Waals surface area contributed by atoms with E-state index in [0.717, 1.165) is 37.8 Å². The van der Waals surface area contributed by atoms with E-state index in [2.05, 4.69) is 4.72 Å². The Morgan fingerprint density at radius 3 is 2.55 bits per heavy atom. The van der Waals surface area contributed by atoms with Crippen molar-refractivity contribution in [2.24, 2.45) is 5.73 Å². The van der Waals surface area contributed by atoms with Crippen LogP contribution in [0.1, 0.15) is 32.1 Å². The van der Waals surface area contributed by atoms with Gasteiger partial charge in [-0.1, -0.05) is 19.3 Å². The summed E-state index contributed by atoms with van der Waals surface area (Å²) in [5, 5.41) is 0. The van der Waals surface area contributed by atoms with E-state index in [1.54, 1.807) is 0 Å². The van der Waals surface area contributed by atoms with Gasteiger partial charge in [-0.25, -0.2) is 21.9 Å². The third-order valence-electron chi connectivity index (χ3n) is 3.56. The second-order valence-electron chi connectivity index (χ2n) is 5.10. The maximum atomic E-state index is 13.6. The van der Waals surface area contributed by atoms with Crippen molar-refractivity contribution < 1.29 is 17.2 Å². The number of benzene rings is 1. The van der Waals surface area contributed by atoms with Gasteiger partial charge in [0, 0.05) is 18.2 Å². The molecule has 2 atom stereocenters. The van der Waals surface area contributed by atoms with Gasteiger partial charge in [-0.05, 0) is 25.0 Å². The summed E-state index contributed by atoms with van der Waals surface area (Å²) in [6.45, 7) is 0. The van der Waals surface area contributed by atoms with Crippen molar-refractivity contribution in [3.63, 3.8) is 0 Å². The number of hydrogen-bond acceptors (Lipinski definition) is 3. The fourth-order valence-electron chi connectivity index (χ4n) is 2.44. The SMILES string of the molecule is NC1CCCCCC1NS(=O)(=O)c1ccc(F)cc1F. The Hall–Kier alpha value is -1.05. The van der Waals surface area contributed by atoms with Crippen molar-refractivity contribution in [1.82, 2.24) is 4.72 Å². The number of halogens is 2. The summed E-state index contributed by atoms with van der Waals surface area (Å²) in [7, 11) is -4.03. The standard InChI is InChI=1S/C13H18F2N2O2S/c14-9-6-7-13(10(15)8-9)20(18,19)17-12-5-3-1-2-4-11(12)16/h6-8,11-12,17H,1-5,16H2. The minimum atomic E-state index is -4.03. The quantitative estimate of drug-likeness (QED) is 0.838. The minimum absolute atomic E-state index is 0.282. The Morgan fingerprint density at radius 2 is 1.85 bits per heavy atom. The van der Waals surface area contributed by atoms with Crippen LogP contribution in [-0.4, -0.2) is 20.5 Å². The van der Waals surface area contributed by atoms with Gasteiger partial charge in [-0.2, -0.15) is 0 Å². The molecule has 7 heteroatoms. The van der Waals surface area contributed by atoms with Gasteiger partial charge < -0.3 is 5.73 Å². The molecular formula is C13H18F2N2O2S. The predicted molar refractivity (Wildman–Crippen MR) is 71.5 cm³/mol. The van der Waals surface area contributed by atoms with Crippen molar-refractivity contribution in [3.05, 3.63) is 29.8 Å². The van der Waals surface area contributed by atoms with Crippen LogP contribution in [0.3, 0.4) is 0 Å². The fourth-order valence-corrected chi connectivity index (χ4v) is 3.82. The van der Waals surface area contributed by atoms with E-state index in [4.69, 9.17) is 5.73 Å². The molecule has 0 radical (unpaired) electrons. The van der Waals surface area contributed by atoms with Gasteiger partial charge in [0.05, 0.1) is 0 Å². The maximum Gasteiger partial charge on any atom is 0.243 e. The molecule has 0 aliphatic heterocycles. The van der Waals surface area contributed by atoms with Gasteiger partial charge >= 0.3 is 0 Å². The van der Waals surface area contributed by atoms with Crippen LogP contribution in [-0.2, 0) is 10.0 Å². The first-order valence-corrected chi connectivity index (χ1v) is 8.11. The molecule has 0 amide bonds. The van der Waals surface area contributed by atoms with Crippen molar-refractivity contribution in [1.29, 1.82) is 0 Å². The highest BCUT2D eigenvalue weighted by Crippen LogP contribution is 2.20. The second-order valence-corrected chi connectivity index (χ2v) is 6.79. The Morgan fingerprint density at radius 1 is 1.15 bits per heavy atom. The molecule has 4 nitrogen and oxygen atoms in total. The van der Waals surface area contributed by atoms with E-state index in [9.17, 15) is 17.2 Å². The van der Waals surface area contributed by atoms with E-state index in [0.29, 0.717) is 12.5 Å². The first kappa shape index (κ1) is 15.3. The zero-order valence-corrected chi connectivity index (χ0v) is 11.8. The predicted octanol–water partition coefficient (Wildman–Crippen LogP) is 1.90. The molecule has 1 fully saturated rings. The maximum absolute atomic E-state index is 13.6. The molecule has 1 aliphatic carbocycles. The summed E-state index contributed by atoms with van der Waals surface area (Å²) in [6.07, 6.45) is 4.22. The molecule has 1 aliphatic rings. The summed E-state index contributed by atoms with van der Waals surface area (Å²) in [5.41, 5.74) is 5.95. The van der Waals surface area contributed by atoms with E-state index in [1.807, 2.05) is 0 Å². The third-order valence-corrected chi connectivity index (χ3v) is 5.08. The summed E-state index contributed by atoms with van der Waals surface area (Å²) in [4.78, 5) is -0.546. The molecule has 2 rings (SSSR count). The second kappa shape index (κ2) is 6.15. The molecule has 0 bridgehead atoms. The lowest BCUT2D eigenvalue weighted by Crippen LogP contribution is -2.47. The Labute approximate surface area is 117 Å². The number of nitrogens with one attached hydrogen (secondary N) is 1. The summed E-state index contributed by atoms with van der Waals surface area (Å²) in [6, 6.07) is 1.71. The van der Waals surface area contributed by atoms with Crippen LogP contribution in [0, 0.1) is 11.6 Å². The zero-order chi connectivity index (χ0) is 14.8. The average Bonchev–Trinajstić information content (AvgIpc) is 2.54. The number of sulfonamides is 1. The largest absolute Gasteiger partial charge is 0.326 e. The summed E-state index contributed by atoms with van der Waals surface area (Å²) < 4.78 is 53.2. The van der Waals surface area contributed by atoms with Crippen molar-refractivity contribution in [2.75, 3.05) is 0 Å². The number of hydrogen-bond donors (Lipinski definition) is 2. The highest BCUT2D eigenvalue weighted by molar-refractivity contribution is 7.89. The fraction of sp³-hybridized carbons (Fsp3) is 0.538. The highest BCUT2D eigenvalue weighted by Gasteiger charge is 2.27. The first-order valence-electron chi connectivity index (χ1n) is 6.63. The lowest BCUT2D eigenvalue weighted by molar-refractivity contribution is 0.453. The normalized spacial score (nSPS) is 24.4. The average molecular weight is 304 g/mol. The number of rotatable bonds is 3. The zero-order valence-electron chi connectivity index (χ0n) is 11.0. The summed E-state index contributed by atoms with van der Waals surface area (Å²) >= 11 is 0. The molecule has 0 aromatic heterocycles. The van der Waals surface area contributed by atoms with E-state index < -0.39 is 32.6 Å². The van der Waals surface area contributed by atoms with Crippen LogP contribution < -0.4 is 10.5 Å². The van der Waals surface area contributed by atoms with Crippen LogP contribution in [0.4, 0.5) is 8.78 Å². The molecule has 0 spiro atoms. The van der Waals surface area contributed by atoms with Crippen molar-refractivity contribution in [3.8, 4) is 0 Å². The van der Waals surface area contributed by atoms with Crippen LogP contribution in [0.2, 0.25) is 0 Å². The topological polar surface area (TPSA) is 72.2 Å². The van der Waals surface area contributed by atoms with E-state index >= 15 is 0 Å².